The Balaban J connectivity index is 2.13. The fourth-order valence-electron chi connectivity index (χ4n) is 1.43. The number of ether oxygens (including phenoxy) is 1. The molecule has 0 aromatic carbocycles. The van der Waals surface area contributed by atoms with Crippen LogP contribution in [0.15, 0.2) is 0 Å². The van der Waals surface area contributed by atoms with E-state index in [9.17, 15) is 0 Å². The summed E-state index contributed by atoms with van der Waals surface area (Å²) in [5.74, 6) is 0.702. The van der Waals surface area contributed by atoms with Gasteiger partial charge in [-0.3, -0.25) is 0 Å². The van der Waals surface area contributed by atoms with Crippen LogP contribution in [0.2, 0.25) is 0 Å². The van der Waals surface area contributed by atoms with Gasteiger partial charge < -0.3 is 9.84 Å². The van der Waals surface area contributed by atoms with Crippen molar-refractivity contribution in [2.75, 3.05) is 6.61 Å². The van der Waals surface area contributed by atoms with E-state index >= 15 is 0 Å². The number of rotatable bonds is 2. The molecule has 2 nitrogen and oxygen atoms in total. The Morgan fingerprint density at radius 1 is 1.50 bits per heavy atom. The van der Waals surface area contributed by atoms with Crippen LogP contribution >= 0.6 is 0 Å². The lowest BCUT2D eigenvalue weighted by Gasteiger charge is -2.25. The van der Waals surface area contributed by atoms with Crippen LogP contribution in [0.4, 0.5) is 0 Å². The first kappa shape index (κ1) is 8.02. The molecule has 0 saturated carbocycles. The molecule has 0 spiro atoms. The van der Waals surface area contributed by atoms with E-state index in [-0.39, 0.29) is 0 Å². The molecule has 1 fully saturated rings. The number of aliphatic hydroxyl groups excluding tert-OH is 1. The number of hydrogen-bond donors (Lipinski definition) is 1. The summed E-state index contributed by atoms with van der Waals surface area (Å²) in [5, 5.41) is 8.97. The Morgan fingerprint density at radius 2 is 2.30 bits per heavy atom. The highest BCUT2D eigenvalue weighted by molar-refractivity contribution is 4.63. The highest BCUT2D eigenvalue weighted by Crippen LogP contribution is 2.20. The van der Waals surface area contributed by atoms with Gasteiger partial charge in [0.1, 0.15) is 0 Å². The highest BCUT2D eigenvalue weighted by atomic mass is 16.6. The maximum Gasteiger partial charge on any atom is 0.154 e. The Kier molecular flexibility index (Phi) is 3.16. The third-order valence-corrected chi connectivity index (χ3v) is 2.04. The predicted molar refractivity (Wildman–Crippen MR) is 39.6 cm³/mol. The second-order valence-electron chi connectivity index (χ2n) is 3.02. The molecule has 0 aromatic rings. The quantitative estimate of drug-likeness (QED) is 0.637. The van der Waals surface area contributed by atoms with Crippen molar-refractivity contribution < 1.29 is 9.84 Å². The van der Waals surface area contributed by atoms with Crippen molar-refractivity contribution >= 4 is 0 Å². The molecule has 1 saturated heterocycles. The average molecular weight is 144 g/mol. The maximum atomic E-state index is 8.97. The summed E-state index contributed by atoms with van der Waals surface area (Å²) in [5.41, 5.74) is 0. The smallest absolute Gasteiger partial charge is 0.154 e. The van der Waals surface area contributed by atoms with Gasteiger partial charge in [0.15, 0.2) is 6.29 Å². The van der Waals surface area contributed by atoms with E-state index in [0.29, 0.717) is 5.92 Å². The summed E-state index contributed by atoms with van der Waals surface area (Å²) in [6.45, 7) is 2.94. The zero-order valence-corrected chi connectivity index (χ0v) is 6.55. The molecule has 1 N–H and O–H groups in total. The highest BCUT2D eigenvalue weighted by Gasteiger charge is 2.18. The van der Waals surface area contributed by atoms with E-state index in [1.807, 2.05) is 0 Å². The summed E-state index contributed by atoms with van der Waals surface area (Å²) in [6.07, 6.45) is 3.95. The molecular weight excluding hydrogens is 128 g/mol. The molecule has 0 aromatic heterocycles. The van der Waals surface area contributed by atoms with Gasteiger partial charge in [0.25, 0.3) is 0 Å². The van der Waals surface area contributed by atoms with Gasteiger partial charge in [0.2, 0.25) is 0 Å². The van der Waals surface area contributed by atoms with E-state index < -0.39 is 6.29 Å². The van der Waals surface area contributed by atoms with Gasteiger partial charge >= 0.3 is 0 Å². The number of aliphatic hydroxyl groups is 1. The Hall–Kier alpha value is -0.0800. The zero-order chi connectivity index (χ0) is 7.40. The SMILES string of the molecule is CCCC1CCC(O)OC1. The van der Waals surface area contributed by atoms with Crippen molar-refractivity contribution in [2.24, 2.45) is 5.92 Å². The van der Waals surface area contributed by atoms with Crippen LogP contribution in [0.3, 0.4) is 0 Å². The van der Waals surface area contributed by atoms with Crippen molar-refractivity contribution in [3.8, 4) is 0 Å². The summed E-state index contributed by atoms with van der Waals surface area (Å²) >= 11 is 0. The standard InChI is InChI=1S/C8H16O2/c1-2-3-7-4-5-8(9)10-6-7/h7-9H,2-6H2,1H3. The number of hydrogen-bond acceptors (Lipinski definition) is 2. The fraction of sp³-hybridized carbons (Fsp3) is 1.00. The molecular formula is C8H16O2. The molecule has 60 valence electrons. The van der Waals surface area contributed by atoms with Crippen LogP contribution in [-0.2, 0) is 4.74 Å². The van der Waals surface area contributed by atoms with Gasteiger partial charge in [-0.15, -0.1) is 0 Å². The van der Waals surface area contributed by atoms with Crippen LogP contribution in [0.25, 0.3) is 0 Å². The van der Waals surface area contributed by atoms with Crippen LogP contribution in [0, 0.1) is 5.92 Å². The van der Waals surface area contributed by atoms with E-state index in [2.05, 4.69) is 6.92 Å². The lowest BCUT2D eigenvalue weighted by molar-refractivity contribution is -0.140. The maximum absolute atomic E-state index is 8.97. The molecule has 2 heteroatoms. The Morgan fingerprint density at radius 3 is 2.80 bits per heavy atom. The average Bonchev–Trinajstić information content (AvgIpc) is 1.95. The fourth-order valence-corrected chi connectivity index (χ4v) is 1.43. The Bertz CT molecular complexity index is 85.3. The molecule has 0 bridgehead atoms. The predicted octanol–water partition coefficient (Wildman–Crippen LogP) is 1.53. The molecule has 2 unspecified atom stereocenters. The lowest BCUT2D eigenvalue weighted by atomic mass is 9.97. The van der Waals surface area contributed by atoms with Crippen LogP contribution in [0.1, 0.15) is 32.6 Å². The van der Waals surface area contributed by atoms with Gasteiger partial charge in [0.05, 0.1) is 6.61 Å². The van der Waals surface area contributed by atoms with Gasteiger partial charge in [-0.05, 0) is 25.2 Å². The summed E-state index contributed by atoms with van der Waals surface area (Å²) in [7, 11) is 0. The van der Waals surface area contributed by atoms with Crippen LogP contribution < -0.4 is 0 Å². The van der Waals surface area contributed by atoms with E-state index in [0.717, 1.165) is 19.4 Å². The molecule has 1 rings (SSSR count). The van der Waals surface area contributed by atoms with Crippen molar-refractivity contribution in [3.63, 3.8) is 0 Å². The minimum absolute atomic E-state index is 0.479. The van der Waals surface area contributed by atoms with Crippen LogP contribution in [0.5, 0.6) is 0 Å². The Labute approximate surface area is 62.2 Å². The molecule has 1 heterocycles. The molecule has 0 radical (unpaired) electrons. The monoisotopic (exact) mass is 144 g/mol. The largest absolute Gasteiger partial charge is 0.368 e. The first-order valence-electron chi connectivity index (χ1n) is 4.12. The first-order valence-corrected chi connectivity index (χ1v) is 4.12. The third-order valence-electron chi connectivity index (χ3n) is 2.04. The second-order valence-corrected chi connectivity index (χ2v) is 3.02. The molecule has 1 aliphatic heterocycles. The molecule has 10 heavy (non-hydrogen) atoms. The van der Waals surface area contributed by atoms with E-state index in [1.54, 1.807) is 0 Å². The van der Waals surface area contributed by atoms with Crippen molar-refractivity contribution in [2.45, 2.75) is 38.9 Å². The van der Waals surface area contributed by atoms with Crippen molar-refractivity contribution in [1.29, 1.82) is 0 Å². The van der Waals surface area contributed by atoms with Crippen LogP contribution in [-0.4, -0.2) is 18.0 Å². The van der Waals surface area contributed by atoms with Gasteiger partial charge in [0, 0.05) is 0 Å². The van der Waals surface area contributed by atoms with E-state index in [1.165, 1.54) is 12.8 Å². The van der Waals surface area contributed by atoms with Crippen molar-refractivity contribution in [3.05, 3.63) is 0 Å². The molecule has 2 atom stereocenters. The molecule has 0 amide bonds. The summed E-state index contributed by atoms with van der Waals surface area (Å²) < 4.78 is 5.10. The summed E-state index contributed by atoms with van der Waals surface area (Å²) in [4.78, 5) is 0. The second kappa shape index (κ2) is 3.94. The normalized spacial score (nSPS) is 34.2. The third kappa shape index (κ3) is 2.27. The van der Waals surface area contributed by atoms with Crippen molar-refractivity contribution in [1.82, 2.24) is 0 Å². The van der Waals surface area contributed by atoms with Gasteiger partial charge in [-0.2, -0.15) is 0 Å². The lowest BCUT2D eigenvalue weighted by Crippen LogP contribution is -2.25. The molecule has 1 aliphatic rings. The molecule has 0 aliphatic carbocycles. The summed E-state index contributed by atoms with van der Waals surface area (Å²) in [6, 6.07) is 0. The topological polar surface area (TPSA) is 29.5 Å². The zero-order valence-electron chi connectivity index (χ0n) is 6.55. The van der Waals surface area contributed by atoms with E-state index in [4.69, 9.17) is 9.84 Å². The minimum Gasteiger partial charge on any atom is -0.368 e. The van der Waals surface area contributed by atoms with Gasteiger partial charge in [-0.1, -0.05) is 13.3 Å². The minimum atomic E-state index is -0.479. The van der Waals surface area contributed by atoms with Gasteiger partial charge in [-0.25, -0.2) is 0 Å². The first-order chi connectivity index (χ1) is 4.83.